The first-order valence-electron chi connectivity index (χ1n) is 7.12. The van der Waals surface area contributed by atoms with E-state index in [2.05, 4.69) is 61.5 Å². The third kappa shape index (κ3) is 2.37. The van der Waals surface area contributed by atoms with Gasteiger partial charge in [0.2, 0.25) is 0 Å². The first-order chi connectivity index (χ1) is 9.12. The number of aromatic nitrogens is 1. The molecule has 100 valence electrons. The first kappa shape index (κ1) is 12.6. The molecule has 1 aliphatic rings. The Bertz CT molecular complexity index is 583. The molecule has 0 spiro atoms. The average Bonchev–Trinajstić information content (AvgIpc) is 3.05. The van der Waals surface area contributed by atoms with Crippen LogP contribution in [-0.4, -0.2) is 18.1 Å². The number of para-hydroxylation sites is 1. The summed E-state index contributed by atoms with van der Waals surface area (Å²) in [5, 5.41) is 4.81. The third-order valence-corrected chi connectivity index (χ3v) is 4.63. The molecule has 2 unspecified atom stereocenters. The standard InChI is InChI=1S/C17H22N2/c1-17(2)11-14(17)16(18-3)10-12-8-9-19-15-7-5-4-6-13(12)15/h4-9,14,16,18H,10-11H2,1-3H3. The van der Waals surface area contributed by atoms with Crippen molar-refractivity contribution in [2.45, 2.75) is 32.7 Å². The number of nitrogens with zero attached hydrogens (tertiary/aromatic N) is 1. The second kappa shape index (κ2) is 4.61. The largest absolute Gasteiger partial charge is 0.316 e. The average molecular weight is 254 g/mol. The molecule has 0 bridgehead atoms. The van der Waals surface area contributed by atoms with Crippen LogP contribution in [0.3, 0.4) is 0 Å². The summed E-state index contributed by atoms with van der Waals surface area (Å²) in [7, 11) is 2.09. The fourth-order valence-electron chi connectivity index (χ4n) is 3.21. The van der Waals surface area contributed by atoms with Crippen molar-refractivity contribution in [3.05, 3.63) is 42.1 Å². The molecule has 2 heteroatoms. The summed E-state index contributed by atoms with van der Waals surface area (Å²) in [6.07, 6.45) is 4.36. The van der Waals surface area contributed by atoms with Gasteiger partial charge in [-0.1, -0.05) is 32.0 Å². The maximum absolute atomic E-state index is 4.44. The molecule has 2 aromatic rings. The van der Waals surface area contributed by atoms with E-state index in [4.69, 9.17) is 0 Å². The molecule has 1 heterocycles. The first-order valence-corrected chi connectivity index (χ1v) is 7.12. The Labute approximate surface area is 115 Å². The van der Waals surface area contributed by atoms with E-state index in [9.17, 15) is 0 Å². The summed E-state index contributed by atoms with van der Waals surface area (Å²) < 4.78 is 0. The molecule has 0 aliphatic heterocycles. The van der Waals surface area contributed by atoms with Crippen LogP contribution >= 0.6 is 0 Å². The molecule has 0 radical (unpaired) electrons. The van der Waals surface area contributed by atoms with Gasteiger partial charge in [0.15, 0.2) is 0 Å². The van der Waals surface area contributed by atoms with Crippen molar-refractivity contribution in [3.8, 4) is 0 Å². The van der Waals surface area contributed by atoms with Crippen molar-refractivity contribution in [1.29, 1.82) is 0 Å². The van der Waals surface area contributed by atoms with Crippen molar-refractivity contribution in [3.63, 3.8) is 0 Å². The lowest BCUT2D eigenvalue weighted by Crippen LogP contribution is -2.31. The molecule has 3 rings (SSSR count). The van der Waals surface area contributed by atoms with Crippen molar-refractivity contribution < 1.29 is 0 Å². The summed E-state index contributed by atoms with van der Waals surface area (Å²) in [5.41, 5.74) is 3.02. The van der Waals surface area contributed by atoms with E-state index in [0.717, 1.165) is 17.9 Å². The number of pyridine rings is 1. The number of benzene rings is 1. The molecule has 0 amide bonds. The van der Waals surface area contributed by atoms with Crippen LogP contribution in [0.2, 0.25) is 0 Å². The summed E-state index contributed by atoms with van der Waals surface area (Å²) in [6.45, 7) is 4.74. The summed E-state index contributed by atoms with van der Waals surface area (Å²) in [6, 6.07) is 11.2. The Morgan fingerprint density at radius 1 is 1.32 bits per heavy atom. The van der Waals surface area contributed by atoms with Gasteiger partial charge in [0.05, 0.1) is 5.52 Å². The van der Waals surface area contributed by atoms with Crippen LogP contribution in [0.5, 0.6) is 0 Å². The molecule has 2 nitrogen and oxygen atoms in total. The number of hydrogen-bond acceptors (Lipinski definition) is 2. The quantitative estimate of drug-likeness (QED) is 0.904. The molecule has 0 saturated heterocycles. The van der Waals surface area contributed by atoms with E-state index in [1.54, 1.807) is 0 Å². The molecule has 1 aromatic carbocycles. The molecule has 1 fully saturated rings. The van der Waals surface area contributed by atoms with Crippen LogP contribution in [0, 0.1) is 11.3 Å². The van der Waals surface area contributed by atoms with E-state index >= 15 is 0 Å². The lowest BCUT2D eigenvalue weighted by atomic mass is 9.95. The van der Waals surface area contributed by atoms with Crippen LogP contribution in [0.4, 0.5) is 0 Å². The zero-order valence-electron chi connectivity index (χ0n) is 12.0. The van der Waals surface area contributed by atoms with Gasteiger partial charge in [-0.05, 0) is 48.9 Å². The van der Waals surface area contributed by atoms with E-state index in [0.29, 0.717) is 11.5 Å². The van der Waals surface area contributed by atoms with E-state index in [1.807, 2.05) is 6.20 Å². The second-order valence-corrected chi connectivity index (χ2v) is 6.39. The van der Waals surface area contributed by atoms with Gasteiger partial charge in [-0.3, -0.25) is 4.98 Å². The highest BCUT2D eigenvalue weighted by Crippen LogP contribution is 2.54. The van der Waals surface area contributed by atoms with Gasteiger partial charge in [-0.2, -0.15) is 0 Å². The molecule has 1 N–H and O–H groups in total. The van der Waals surface area contributed by atoms with Crippen molar-refractivity contribution in [2.75, 3.05) is 7.05 Å². The van der Waals surface area contributed by atoms with Gasteiger partial charge < -0.3 is 5.32 Å². The van der Waals surface area contributed by atoms with Crippen molar-refractivity contribution in [2.24, 2.45) is 11.3 Å². The Kier molecular flexibility index (Phi) is 3.06. The van der Waals surface area contributed by atoms with Gasteiger partial charge in [-0.15, -0.1) is 0 Å². The molecule has 19 heavy (non-hydrogen) atoms. The Morgan fingerprint density at radius 2 is 2.05 bits per heavy atom. The van der Waals surface area contributed by atoms with Crippen molar-refractivity contribution >= 4 is 10.9 Å². The minimum atomic E-state index is 0.510. The van der Waals surface area contributed by atoms with Gasteiger partial charge in [0.1, 0.15) is 0 Å². The Morgan fingerprint density at radius 3 is 2.74 bits per heavy atom. The number of hydrogen-bond donors (Lipinski definition) is 1. The van der Waals surface area contributed by atoms with Crippen molar-refractivity contribution in [1.82, 2.24) is 10.3 Å². The summed E-state index contributed by atoms with van der Waals surface area (Å²) in [5.74, 6) is 0.796. The third-order valence-electron chi connectivity index (χ3n) is 4.63. The highest BCUT2D eigenvalue weighted by Gasteiger charge is 2.49. The van der Waals surface area contributed by atoms with E-state index in [1.165, 1.54) is 17.4 Å². The molecule has 1 saturated carbocycles. The predicted molar refractivity (Wildman–Crippen MR) is 80.2 cm³/mol. The lowest BCUT2D eigenvalue weighted by Gasteiger charge is -2.19. The fourth-order valence-corrected chi connectivity index (χ4v) is 3.21. The summed E-state index contributed by atoms with van der Waals surface area (Å²) in [4.78, 5) is 4.44. The second-order valence-electron chi connectivity index (χ2n) is 6.39. The van der Waals surface area contributed by atoms with Crippen LogP contribution in [0.15, 0.2) is 36.5 Å². The zero-order valence-corrected chi connectivity index (χ0v) is 12.0. The number of fused-ring (bicyclic) bond motifs is 1. The number of likely N-dealkylation sites (N-methyl/N-ethyl adjacent to an activating group) is 1. The van der Waals surface area contributed by atoms with Crippen LogP contribution < -0.4 is 5.32 Å². The van der Waals surface area contributed by atoms with E-state index < -0.39 is 0 Å². The predicted octanol–water partition coefficient (Wildman–Crippen LogP) is 3.41. The Balaban J connectivity index is 1.88. The normalized spacial score (nSPS) is 22.4. The maximum atomic E-state index is 4.44. The van der Waals surface area contributed by atoms with Crippen LogP contribution in [-0.2, 0) is 6.42 Å². The highest BCUT2D eigenvalue weighted by molar-refractivity contribution is 5.81. The molecular weight excluding hydrogens is 232 g/mol. The van der Waals surface area contributed by atoms with Gasteiger partial charge in [0.25, 0.3) is 0 Å². The smallest absolute Gasteiger partial charge is 0.0704 e. The van der Waals surface area contributed by atoms with Gasteiger partial charge >= 0.3 is 0 Å². The Hall–Kier alpha value is -1.41. The number of nitrogens with one attached hydrogen (secondary N) is 1. The maximum Gasteiger partial charge on any atom is 0.0704 e. The summed E-state index contributed by atoms with van der Waals surface area (Å²) >= 11 is 0. The molecule has 1 aromatic heterocycles. The van der Waals surface area contributed by atoms with Gasteiger partial charge in [-0.25, -0.2) is 0 Å². The lowest BCUT2D eigenvalue weighted by molar-refractivity contribution is 0.426. The molecular formula is C17H22N2. The monoisotopic (exact) mass is 254 g/mol. The van der Waals surface area contributed by atoms with Gasteiger partial charge in [0, 0.05) is 17.6 Å². The van der Waals surface area contributed by atoms with Crippen LogP contribution in [0.25, 0.3) is 10.9 Å². The topological polar surface area (TPSA) is 24.9 Å². The highest BCUT2D eigenvalue weighted by atomic mass is 14.9. The zero-order chi connectivity index (χ0) is 13.5. The molecule has 1 aliphatic carbocycles. The van der Waals surface area contributed by atoms with Crippen LogP contribution in [0.1, 0.15) is 25.8 Å². The molecule has 2 atom stereocenters. The fraction of sp³-hybridized carbons (Fsp3) is 0.471. The SMILES string of the molecule is CNC(Cc1ccnc2ccccc12)C1CC1(C)C. The number of rotatable bonds is 4. The minimum absolute atomic E-state index is 0.510. The van der Waals surface area contributed by atoms with E-state index in [-0.39, 0.29) is 0 Å². The minimum Gasteiger partial charge on any atom is -0.316 e.